The molecule has 1 fully saturated rings. The summed E-state index contributed by atoms with van der Waals surface area (Å²) in [7, 11) is -3.70. The van der Waals surface area contributed by atoms with E-state index in [-0.39, 0.29) is 30.0 Å². The molecule has 24 heavy (non-hydrogen) atoms. The van der Waals surface area contributed by atoms with Crippen molar-refractivity contribution in [2.75, 3.05) is 19.7 Å². The van der Waals surface area contributed by atoms with E-state index in [1.807, 2.05) is 0 Å². The lowest BCUT2D eigenvalue weighted by atomic mass is 9.95. The van der Waals surface area contributed by atoms with Crippen molar-refractivity contribution < 1.29 is 18.3 Å². The Morgan fingerprint density at radius 2 is 1.83 bits per heavy atom. The lowest BCUT2D eigenvalue weighted by molar-refractivity contribution is -0.121. The van der Waals surface area contributed by atoms with Crippen molar-refractivity contribution in [2.45, 2.75) is 49.5 Å². The molecule has 0 radical (unpaired) electrons. The van der Waals surface area contributed by atoms with E-state index < -0.39 is 10.0 Å². The first kappa shape index (κ1) is 18.9. The lowest BCUT2D eigenvalue weighted by Crippen LogP contribution is -2.47. The zero-order valence-electron chi connectivity index (χ0n) is 13.9. The summed E-state index contributed by atoms with van der Waals surface area (Å²) >= 11 is 0. The number of aliphatic hydroxyl groups is 1. The van der Waals surface area contributed by atoms with Crippen molar-refractivity contribution in [3.05, 3.63) is 30.3 Å². The summed E-state index contributed by atoms with van der Waals surface area (Å²) in [5.41, 5.74) is 0. The van der Waals surface area contributed by atoms with Crippen molar-refractivity contribution in [2.24, 2.45) is 0 Å². The van der Waals surface area contributed by atoms with E-state index in [9.17, 15) is 13.2 Å². The number of benzene rings is 1. The molecule has 1 aliphatic carbocycles. The fourth-order valence-corrected chi connectivity index (χ4v) is 4.67. The highest BCUT2D eigenvalue weighted by atomic mass is 32.2. The fourth-order valence-electron chi connectivity index (χ4n) is 3.01. The number of hydrogen-bond donors (Lipinski definition) is 2. The molecule has 0 saturated heterocycles. The molecule has 0 unspecified atom stereocenters. The van der Waals surface area contributed by atoms with E-state index in [0.717, 1.165) is 32.1 Å². The highest BCUT2D eigenvalue weighted by molar-refractivity contribution is 7.89. The Hall–Kier alpha value is -1.44. The molecule has 7 heteroatoms. The zero-order valence-corrected chi connectivity index (χ0v) is 14.7. The third kappa shape index (κ3) is 5.03. The molecule has 0 atom stereocenters. The first-order valence-corrected chi connectivity index (χ1v) is 9.94. The van der Waals surface area contributed by atoms with Gasteiger partial charge in [-0.15, -0.1) is 0 Å². The van der Waals surface area contributed by atoms with Crippen LogP contribution in [0.3, 0.4) is 0 Å². The minimum Gasteiger partial charge on any atom is -0.396 e. The van der Waals surface area contributed by atoms with Gasteiger partial charge in [0.2, 0.25) is 15.9 Å². The van der Waals surface area contributed by atoms with Gasteiger partial charge in [-0.05, 0) is 31.4 Å². The molecule has 134 valence electrons. The van der Waals surface area contributed by atoms with Crippen molar-refractivity contribution in [1.29, 1.82) is 0 Å². The van der Waals surface area contributed by atoms with Crippen LogP contribution in [0.25, 0.3) is 0 Å². The van der Waals surface area contributed by atoms with Gasteiger partial charge in [-0.1, -0.05) is 37.5 Å². The number of sulfonamides is 1. The quantitative estimate of drug-likeness (QED) is 0.693. The predicted molar refractivity (Wildman–Crippen MR) is 91.9 cm³/mol. The van der Waals surface area contributed by atoms with E-state index >= 15 is 0 Å². The number of carbonyl (C=O) groups is 1. The monoisotopic (exact) mass is 354 g/mol. The van der Waals surface area contributed by atoms with Crippen molar-refractivity contribution in [3.63, 3.8) is 0 Å². The van der Waals surface area contributed by atoms with Crippen LogP contribution in [0.1, 0.15) is 38.5 Å². The molecule has 6 nitrogen and oxygen atoms in total. The molecule has 1 aromatic carbocycles. The fraction of sp³-hybridized carbons (Fsp3) is 0.588. The van der Waals surface area contributed by atoms with Gasteiger partial charge >= 0.3 is 0 Å². The third-order valence-electron chi connectivity index (χ3n) is 4.29. The van der Waals surface area contributed by atoms with E-state index in [1.165, 1.54) is 4.31 Å². The van der Waals surface area contributed by atoms with Crippen LogP contribution in [-0.2, 0) is 14.8 Å². The van der Waals surface area contributed by atoms with Gasteiger partial charge < -0.3 is 10.4 Å². The highest BCUT2D eigenvalue weighted by Gasteiger charge is 2.33. The molecular formula is C17H26N2O4S. The average Bonchev–Trinajstić information content (AvgIpc) is 2.61. The van der Waals surface area contributed by atoms with Crippen molar-refractivity contribution >= 4 is 15.9 Å². The molecular weight excluding hydrogens is 328 g/mol. The molecule has 2 rings (SSSR count). The van der Waals surface area contributed by atoms with Crippen LogP contribution >= 0.6 is 0 Å². The zero-order chi connectivity index (χ0) is 17.4. The predicted octanol–water partition coefficient (Wildman–Crippen LogP) is 1.51. The standard InChI is InChI=1S/C17H26N2O4S/c20-13-7-12-18-17(21)14-19(15-8-3-1-4-9-15)24(22,23)16-10-5-2-6-11-16/h2,5-6,10-11,15,20H,1,3-4,7-9,12-14H2,(H,18,21). The second-order valence-electron chi connectivity index (χ2n) is 6.08. The number of carbonyl (C=O) groups excluding carboxylic acids is 1. The van der Waals surface area contributed by atoms with Crippen LogP contribution < -0.4 is 5.32 Å². The number of nitrogens with one attached hydrogen (secondary N) is 1. The summed E-state index contributed by atoms with van der Waals surface area (Å²) in [6.07, 6.45) is 5.11. The molecule has 0 aliphatic heterocycles. The van der Waals surface area contributed by atoms with Crippen LogP contribution in [-0.4, -0.2) is 49.5 Å². The second kappa shape index (κ2) is 9.15. The molecule has 0 bridgehead atoms. The molecule has 1 amide bonds. The third-order valence-corrected chi connectivity index (χ3v) is 6.20. The lowest BCUT2D eigenvalue weighted by Gasteiger charge is -2.33. The summed E-state index contributed by atoms with van der Waals surface area (Å²) in [5, 5.41) is 11.5. The molecule has 2 N–H and O–H groups in total. The Labute approximate surface area is 143 Å². The van der Waals surface area contributed by atoms with Gasteiger partial charge in [0.1, 0.15) is 0 Å². The number of amides is 1. The molecule has 1 saturated carbocycles. The Balaban J connectivity index is 2.17. The van der Waals surface area contributed by atoms with E-state index in [1.54, 1.807) is 30.3 Å². The van der Waals surface area contributed by atoms with Crippen LogP contribution in [0.2, 0.25) is 0 Å². The summed E-state index contributed by atoms with van der Waals surface area (Å²) < 4.78 is 27.4. The Morgan fingerprint density at radius 1 is 1.17 bits per heavy atom. The van der Waals surface area contributed by atoms with Crippen molar-refractivity contribution in [1.82, 2.24) is 9.62 Å². The molecule has 1 aliphatic rings. The number of aliphatic hydroxyl groups excluding tert-OH is 1. The minimum absolute atomic E-state index is 0.00503. The van der Waals surface area contributed by atoms with Gasteiger partial charge in [-0.25, -0.2) is 8.42 Å². The van der Waals surface area contributed by atoms with Gasteiger partial charge in [-0.3, -0.25) is 4.79 Å². The van der Waals surface area contributed by atoms with Gasteiger partial charge in [0.25, 0.3) is 0 Å². The Morgan fingerprint density at radius 3 is 2.46 bits per heavy atom. The highest BCUT2D eigenvalue weighted by Crippen LogP contribution is 2.27. The minimum atomic E-state index is -3.70. The summed E-state index contributed by atoms with van der Waals surface area (Å²) in [5.74, 6) is -0.325. The average molecular weight is 354 g/mol. The summed E-state index contributed by atoms with van der Waals surface area (Å²) in [4.78, 5) is 12.4. The second-order valence-corrected chi connectivity index (χ2v) is 7.97. The van der Waals surface area contributed by atoms with E-state index in [2.05, 4.69) is 5.32 Å². The van der Waals surface area contributed by atoms with Crippen LogP contribution in [0.15, 0.2) is 35.2 Å². The van der Waals surface area contributed by atoms with E-state index in [0.29, 0.717) is 13.0 Å². The summed E-state index contributed by atoms with van der Waals surface area (Å²) in [6, 6.07) is 8.14. The molecule has 0 heterocycles. The maximum absolute atomic E-state index is 13.0. The van der Waals surface area contributed by atoms with Crippen LogP contribution in [0.5, 0.6) is 0 Å². The van der Waals surface area contributed by atoms with E-state index in [4.69, 9.17) is 5.11 Å². The van der Waals surface area contributed by atoms with Crippen LogP contribution in [0, 0.1) is 0 Å². The SMILES string of the molecule is O=C(CN(C1CCCCC1)S(=O)(=O)c1ccccc1)NCCCO. The molecule has 1 aromatic rings. The largest absolute Gasteiger partial charge is 0.396 e. The van der Waals surface area contributed by atoms with Crippen molar-refractivity contribution in [3.8, 4) is 0 Å². The van der Waals surface area contributed by atoms with Gasteiger partial charge in [0, 0.05) is 19.2 Å². The van der Waals surface area contributed by atoms with Gasteiger partial charge in [0.05, 0.1) is 11.4 Å². The summed E-state index contributed by atoms with van der Waals surface area (Å²) in [6.45, 7) is 0.168. The number of nitrogens with zero attached hydrogens (tertiary/aromatic N) is 1. The maximum atomic E-state index is 13.0. The van der Waals surface area contributed by atoms with Crippen LogP contribution in [0.4, 0.5) is 0 Å². The maximum Gasteiger partial charge on any atom is 0.243 e. The number of rotatable bonds is 8. The van der Waals surface area contributed by atoms with Gasteiger partial charge in [0.15, 0.2) is 0 Å². The first-order valence-electron chi connectivity index (χ1n) is 8.50. The smallest absolute Gasteiger partial charge is 0.243 e. The first-order chi connectivity index (χ1) is 11.6. The number of hydrogen-bond acceptors (Lipinski definition) is 4. The normalized spacial score (nSPS) is 16.2. The Bertz CT molecular complexity index is 613. The molecule has 0 spiro atoms. The molecule has 0 aromatic heterocycles. The topological polar surface area (TPSA) is 86.7 Å². The van der Waals surface area contributed by atoms with Gasteiger partial charge in [-0.2, -0.15) is 4.31 Å². The Kier molecular flexibility index (Phi) is 7.20.